The highest BCUT2D eigenvalue weighted by molar-refractivity contribution is 5.70. The van der Waals surface area contributed by atoms with E-state index < -0.39 is 0 Å². The summed E-state index contributed by atoms with van der Waals surface area (Å²) in [6.45, 7) is 4.84. The van der Waals surface area contributed by atoms with Crippen molar-refractivity contribution < 1.29 is 5.11 Å². The maximum absolute atomic E-state index is 10.2. The fraction of sp³-hybridized carbons (Fsp3) is 0.357. The predicted molar refractivity (Wildman–Crippen MR) is 69.0 cm³/mol. The van der Waals surface area contributed by atoms with Gasteiger partial charge in [0.1, 0.15) is 0 Å². The summed E-state index contributed by atoms with van der Waals surface area (Å²) in [5, 5.41) is 14.6. The molecular weight excluding hydrogens is 212 g/mol. The zero-order chi connectivity index (χ0) is 12.3. The van der Waals surface area contributed by atoms with Crippen molar-refractivity contribution in [1.29, 1.82) is 0 Å². The van der Waals surface area contributed by atoms with Gasteiger partial charge in [0.05, 0.1) is 11.3 Å². The van der Waals surface area contributed by atoms with Gasteiger partial charge in [0, 0.05) is 6.54 Å². The van der Waals surface area contributed by atoms with Gasteiger partial charge >= 0.3 is 0 Å². The average molecular weight is 230 g/mol. The molecule has 1 aromatic carbocycles. The zero-order valence-corrected chi connectivity index (χ0v) is 10.3. The van der Waals surface area contributed by atoms with Crippen LogP contribution in [-0.4, -0.2) is 14.9 Å². The molecule has 0 saturated carbocycles. The Morgan fingerprint density at radius 3 is 2.59 bits per heavy atom. The molecule has 3 heteroatoms. The molecule has 1 N–H and O–H groups in total. The first-order valence-corrected chi connectivity index (χ1v) is 6.05. The first-order chi connectivity index (χ1) is 8.24. The highest BCUT2D eigenvalue weighted by atomic mass is 16.3. The van der Waals surface area contributed by atoms with Crippen LogP contribution in [-0.2, 0) is 6.54 Å². The van der Waals surface area contributed by atoms with Gasteiger partial charge in [0.15, 0.2) is 0 Å². The molecule has 0 atom stereocenters. The Bertz CT molecular complexity index is 488. The molecule has 0 aliphatic carbocycles. The number of hydrogen-bond donors (Lipinski definition) is 1. The number of benzene rings is 1. The van der Waals surface area contributed by atoms with Gasteiger partial charge in [0.2, 0.25) is 5.88 Å². The average Bonchev–Trinajstić information content (AvgIpc) is 2.63. The van der Waals surface area contributed by atoms with E-state index >= 15 is 0 Å². The monoisotopic (exact) mass is 230 g/mol. The third kappa shape index (κ3) is 2.33. The van der Waals surface area contributed by atoms with Gasteiger partial charge in [-0.2, -0.15) is 5.10 Å². The van der Waals surface area contributed by atoms with E-state index in [1.807, 2.05) is 37.3 Å². The van der Waals surface area contributed by atoms with Crippen molar-refractivity contribution in [2.75, 3.05) is 0 Å². The third-order valence-electron chi connectivity index (χ3n) is 2.89. The van der Waals surface area contributed by atoms with E-state index in [1.54, 1.807) is 4.68 Å². The number of nitrogens with zero attached hydrogens (tertiary/aromatic N) is 2. The van der Waals surface area contributed by atoms with E-state index in [1.165, 1.54) is 0 Å². The van der Waals surface area contributed by atoms with Gasteiger partial charge in [-0.3, -0.25) is 0 Å². The summed E-state index contributed by atoms with van der Waals surface area (Å²) in [4.78, 5) is 0. The summed E-state index contributed by atoms with van der Waals surface area (Å²) in [7, 11) is 0. The van der Waals surface area contributed by atoms with Crippen LogP contribution in [0.4, 0.5) is 0 Å². The van der Waals surface area contributed by atoms with Crippen molar-refractivity contribution >= 4 is 0 Å². The summed E-state index contributed by atoms with van der Waals surface area (Å²) in [5.41, 5.74) is 2.75. The molecule has 0 radical (unpaired) electrons. The molecule has 0 amide bonds. The van der Waals surface area contributed by atoms with Crippen molar-refractivity contribution in [1.82, 2.24) is 9.78 Å². The van der Waals surface area contributed by atoms with Crippen LogP contribution in [0.25, 0.3) is 11.1 Å². The minimum atomic E-state index is 0.280. The van der Waals surface area contributed by atoms with Gasteiger partial charge in [-0.1, -0.05) is 43.7 Å². The summed E-state index contributed by atoms with van der Waals surface area (Å²) < 4.78 is 1.70. The van der Waals surface area contributed by atoms with Crippen LogP contribution < -0.4 is 0 Å². The highest BCUT2D eigenvalue weighted by Gasteiger charge is 2.15. The Labute approximate surface area is 102 Å². The molecule has 1 aromatic heterocycles. The number of rotatable bonds is 4. The molecule has 17 heavy (non-hydrogen) atoms. The summed E-state index contributed by atoms with van der Waals surface area (Å²) in [5.74, 6) is 0.280. The van der Waals surface area contributed by atoms with E-state index in [4.69, 9.17) is 0 Å². The smallest absolute Gasteiger partial charge is 0.217 e. The largest absolute Gasteiger partial charge is 0.493 e. The lowest BCUT2D eigenvalue weighted by Gasteiger charge is -2.03. The second-order valence-corrected chi connectivity index (χ2v) is 4.23. The van der Waals surface area contributed by atoms with Crippen LogP contribution in [0.1, 0.15) is 25.5 Å². The first kappa shape index (κ1) is 11.7. The SMILES string of the molecule is CCCCn1nc(C)c(-c2ccccc2)c1O. The second-order valence-electron chi connectivity index (χ2n) is 4.23. The third-order valence-corrected chi connectivity index (χ3v) is 2.89. The molecule has 0 saturated heterocycles. The molecule has 90 valence electrons. The van der Waals surface area contributed by atoms with Gasteiger partial charge in [-0.15, -0.1) is 0 Å². The van der Waals surface area contributed by atoms with Gasteiger partial charge in [-0.05, 0) is 18.9 Å². The Balaban J connectivity index is 2.38. The van der Waals surface area contributed by atoms with Crippen LogP contribution >= 0.6 is 0 Å². The van der Waals surface area contributed by atoms with Gasteiger partial charge in [-0.25, -0.2) is 4.68 Å². The number of unbranched alkanes of at least 4 members (excludes halogenated alkanes) is 1. The van der Waals surface area contributed by atoms with Crippen molar-refractivity contribution in [2.24, 2.45) is 0 Å². The van der Waals surface area contributed by atoms with E-state index in [2.05, 4.69) is 12.0 Å². The lowest BCUT2D eigenvalue weighted by Crippen LogP contribution is -1.99. The quantitative estimate of drug-likeness (QED) is 0.874. The molecule has 0 unspecified atom stereocenters. The molecule has 0 aliphatic rings. The molecule has 3 nitrogen and oxygen atoms in total. The van der Waals surface area contributed by atoms with E-state index in [9.17, 15) is 5.11 Å². The lowest BCUT2D eigenvalue weighted by atomic mass is 10.1. The molecule has 2 aromatic rings. The van der Waals surface area contributed by atoms with Crippen molar-refractivity contribution in [3.63, 3.8) is 0 Å². The summed E-state index contributed by atoms with van der Waals surface area (Å²) >= 11 is 0. The minimum absolute atomic E-state index is 0.280. The topological polar surface area (TPSA) is 38.0 Å². The maximum Gasteiger partial charge on any atom is 0.217 e. The predicted octanol–water partition coefficient (Wildman–Crippen LogP) is 3.36. The second kappa shape index (κ2) is 5.04. The Hall–Kier alpha value is -1.77. The number of aromatic nitrogens is 2. The Kier molecular flexibility index (Phi) is 3.47. The van der Waals surface area contributed by atoms with E-state index in [-0.39, 0.29) is 5.88 Å². The number of hydrogen-bond acceptors (Lipinski definition) is 2. The van der Waals surface area contributed by atoms with Crippen molar-refractivity contribution in [3.8, 4) is 17.0 Å². The standard InChI is InChI=1S/C14H18N2O/c1-3-4-10-16-14(17)13(11(2)15-16)12-8-6-5-7-9-12/h5-9,17H,3-4,10H2,1-2H3. The fourth-order valence-electron chi connectivity index (χ4n) is 1.98. The molecule has 0 spiro atoms. The van der Waals surface area contributed by atoms with Crippen LogP contribution in [0, 0.1) is 6.92 Å². The summed E-state index contributed by atoms with van der Waals surface area (Å²) in [6, 6.07) is 9.90. The molecule has 0 aliphatic heterocycles. The normalized spacial score (nSPS) is 10.7. The van der Waals surface area contributed by atoms with Crippen molar-refractivity contribution in [2.45, 2.75) is 33.2 Å². The zero-order valence-electron chi connectivity index (χ0n) is 10.3. The molecular formula is C14H18N2O. The highest BCUT2D eigenvalue weighted by Crippen LogP contribution is 2.32. The van der Waals surface area contributed by atoms with E-state index in [0.29, 0.717) is 0 Å². The Morgan fingerprint density at radius 2 is 1.94 bits per heavy atom. The van der Waals surface area contributed by atoms with Crippen LogP contribution in [0.5, 0.6) is 5.88 Å². The van der Waals surface area contributed by atoms with Crippen LogP contribution in [0.2, 0.25) is 0 Å². The van der Waals surface area contributed by atoms with Crippen LogP contribution in [0.3, 0.4) is 0 Å². The van der Waals surface area contributed by atoms with Gasteiger partial charge in [0.25, 0.3) is 0 Å². The number of aromatic hydroxyl groups is 1. The summed E-state index contributed by atoms with van der Waals surface area (Å²) in [6.07, 6.45) is 2.13. The minimum Gasteiger partial charge on any atom is -0.493 e. The molecule has 0 fully saturated rings. The lowest BCUT2D eigenvalue weighted by molar-refractivity contribution is 0.394. The van der Waals surface area contributed by atoms with Crippen LogP contribution in [0.15, 0.2) is 30.3 Å². The first-order valence-electron chi connectivity index (χ1n) is 6.05. The molecule has 0 bridgehead atoms. The van der Waals surface area contributed by atoms with Gasteiger partial charge < -0.3 is 5.11 Å². The molecule has 2 rings (SSSR count). The maximum atomic E-state index is 10.2. The van der Waals surface area contributed by atoms with E-state index in [0.717, 1.165) is 36.2 Å². The fourth-order valence-corrected chi connectivity index (χ4v) is 1.98. The Morgan fingerprint density at radius 1 is 1.24 bits per heavy atom. The molecule has 1 heterocycles. The number of aryl methyl sites for hydroxylation is 2. The van der Waals surface area contributed by atoms with Crippen molar-refractivity contribution in [3.05, 3.63) is 36.0 Å².